The Hall–Kier alpha value is -5.78. The molecule has 0 saturated carbocycles. The van der Waals surface area contributed by atoms with E-state index in [0.29, 0.717) is 0 Å². The Kier molecular flexibility index (Phi) is 6.84. The molecule has 8 aromatic carbocycles. The second kappa shape index (κ2) is 11.9. The maximum absolute atomic E-state index is 2.54. The van der Waals surface area contributed by atoms with Crippen molar-refractivity contribution in [1.29, 1.82) is 0 Å². The topological polar surface area (TPSA) is 3.24 Å². The molecule has 0 radical (unpaired) electrons. The first-order valence-corrected chi connectivity index (χ1v) is 20.0. The number of anilines is 3. The number of hydrogen-bond acceptors (Lipinski definition) is 4. The summed E-state index contributed by atoms with van der Waals surface area (Å²) < 4.78 is 7.85. The molecule has 0 spiro atoms. The summed E-state index contributed by atoms with van der Waals surface area (Å²) in [6.45, 7) is 0. The summed E-state index contributed by atoms with van der Waals surface area (Å²) in [5.41, 5.74) is 8.61. The molecule has 0 bridgehead atoms. The van der Waals surface area contributed by atoms with Gasteiger partial charge < -0.3 is 4.90 Å². The largest absolute Gasteiger partial charge is 0.308 e. The van der Waals surface area contributed by atoms with Gasteiger partial charge in [-0.1, -0.05) is 133 Å². The second-order valence-corrected chi connectivity index (χ2v) is 16.4. The van der Waals surface area contributed by atoms with Crippen LogP contribution in [0.25, 0.3) is 82.8 Å². The summed E-state index contributed by atoms with van der Waals surface area (Å²) in [5.74, 6) is 0. The van der Waals surface area contributed by atoms with Gasteiger partial charge in [0.05, 0.1) is 16.1 Å². The van der Waals surface area contributed by atoms with Crippen LogP contribution in [0.3, 0.4) is 0 Å². The molecule has 244 valence electrons. The van der Waals surface area contributed by atoms with E-state index in [0.717, 1.165) is 5.69 Å². The Bertz CT molecular complexity index is 3130. The number of rotatable bonds is 5. The lowest BCUT2D eigenvalue weighted by Crippen LogP contribution is -2.10. The van der Waals surface area contributed by atoms with E-state index in [9.17, 15) is 0 Å². The molecule has 0 fully saturated rings. The second-order valence-electron chi connectivity index (χ2n) is 13.2. The van der Waals surface area contributed by atoms with E-state index < -0.39 is 0 Å². The van der Waals surface area contributed by atoms with Crippen LogP contribution in [0.5, 0.6) is 0 Å². The van der Waals surface area contributed by atoms with Crippen LogP contribution in [-0.4, -0.2) is 0 Å². The molecular formula is C48H29NS3. The van der Waals surface area contributed by atoms with Gasteiger partial charge in [0, 0.05) is 61.5 Å². The highest BCUT2D eigenvalue weighted by Crippen LogP contribution is 2.51. The monoisotopic (exact) mass is 715 g/mol. The highest BCUT2D eigenvalue weighted by molar-refractivity contribution is 7.27. The van der Waals surface area contributed by atoms with Gasteiger partial charge in [0.15, 0.2) is 0 Å². The van der Waals surface area contributed by atoms with E-state index in [2.05, 4.69) is 181 Å². The van der Waals surface area contributed by atoms with Gasteiger partial charge in [0.1, 0.15) is 0 Å². The first-order chi connectivity index (χ1) is 25.8. The van der Waals surface area contributed by atoms with Crippen LogP contribution in [0.1, 0.15) is 0 Å². The van der Waals surface area contributed by atoms with Gasteiger partial charge in [-0.25, -0.2) is 0 Å². The normalized spacial score (nSPS) is 11.8. The van der Waals surface area contributed by atoms with E-state index in [-0.39, 0.29) is 0 Å². The molecule has 0 aliphatic carbocycles. The first kappa shape index (κ1) is 29.9. The third-order valence-electron chi connectivity index (χ3n) is 10.3. The summed E-state index contributed by atoms with van der Waals surface area (Å²) >= 11 is 5.67. The third kappa shape index (κ3) is 4.59. The van der Waals surface area contributed by atoms with Gasteiger partial charge in [-0.05, 0) is 64.7 Å². The zero-order chi connectivity index (χ0) is 34.2. The van der Waals surface area contributed by atoms with E-state index >= 15 is 0 Å². The average Bonchev–Trinajstić information content (AvgIpc) is 3.90. The summed E-state index contributed by atoms with van der Waals surface area (Å²) in [6.07, 6.45) is 0. The van der Waals surface area contributed by atoms with Gasteiger partial charge in [-0.15, -0.1) is 34.0 Å². The number of thiophene rings is 3. The van der Waals surface area contributed by atoms with Crippen molar-refractivity contribution in [3.63, 3.8) is 0 Å². The third-order valence-corrected chi connectivity index (χ3v) is 13.9. The van der Waals surface area contributed by atoms with Crippen molar-refractivity contribution < 1.29 is 0 Å². The van der Waals surface area contributed by atoms with Crippen molar-refractivity contribution in [1.82, 2.24) is 0 Å². The number of nitrogens with zero attached hydrogens (tertiary/aromatic N) is 1. The van der Waals surface area contributed by atoms with Crippen molar-refractivity contribution >= 4 is 112 Å². The van der Waals surface area contributed by atoms with Crippen molar-refractivity contribution in [2.75, 3.05) is 4.90 Å². The maximum atomic E-state index is 2.54. The quantitative estimate of drug-likeness (QED) is 0.171. The van der Waals surface area contributed by atoms with Crippen LogP contribution in [0.4, 0.5) is 17.1 Å². The highest BCUT2D eigenvalue weighted by atomic mass is 32.1. The lowest BCUT2D eigenvalue weighted by Gasteiger charge is -2.27. The molecule has 0 unspecified atom stereocenters. The van der Waals surface area contributed by atoms with Crippen molar-refractivity contribution in [3.8, 4) is 22.3 Å². The predicted octanol–water partition coefficient (Wildman–Crippen LogP) is 15.6. The molecule has 1 nitrogen and oxygen atoms in total. The van der Waals surface area contributed by atoms with Crippen molar-refractivity contribution in [3.05, 3.63) is 176 Å². The molecule has 0 atom stereocenters. The molecule has 4 heteroatoms. The van der Waals surface area contributed by atoms with Crippen molar-refractivity contribution in [2.45, 2.75) is 0 Å². The standard InChI is InChI=1S/C48H29NS3/c1-3-13-30(14-4-1)33-18-9-20-36-37-21-11-24-41(48(37)52-46(33)36)49(32-27-28-43-39(29-32)35-17-7-8-25-42(35)50-43)40-23-12-26-44-45(40)38-22-10-19-34(47(38)51-44)31-15-5-2-6-16-31/h1-29H. The number of benzene rings is 8. The Morgan fingerprint density at radius 2 is 0.885 bits per heavy atom. The minimum atomic E-state index is 1.16. The zero-order valence-corrected chi connectivity index (χ0v) is 30.4. The first-order valence-electron chi connectivity index (χ1n) is 17.5. The van der Waals surface area contributed by atoms with Crippen LogP contribution < -0.4 is 4.90 Å². The van der Waals surface area contributed by atoms with E-state index in [4.69, 9.17) is 0 Å². The fraction of sp³-hybridized carbons (Fsp3) is 0. The SMILES string of the molecule is c1ccc(-c2cccc3c2sc2c(N(c4ccc5sc6ccccc6c5c4)c4cccc5sc6c(-c7ccccc7)cccc6c45)cccc23)cc1. The Labute approximate surface area is 312 Å². The van der Waals surface area contributed by atoms with Crippen LogP contribution in [0.2, 0.25) is 0 Å². The molecular weight excluding hydrogens is 687 g/mol. The molecule has 3 aromatic heterocycles. The number of fused-ring (bicyclic) bond motifs is 9. The van der Waals surface area contributed by atoms with Gasteiger partial charge in [0.2, 0.25) is 0 Å². The smallest absolute Gasteiger partial charge is 0.0640 e. The fourth-order valence-corrected chi connectivity index (χ4v) is 11.6. The molecule has 52 heavy (non-hydrogen) atoms. The Morgan fingerprint density at radius 1 is 0.327 bits per heavy atom. The molecule has 11 aromatic rings. The van der Waals surface area contributed by atoms with Gasteiger partial charge in [-0.3, -0.25) is 0 Å². The van der Waals surface area contributed by atoms with Gasteiger partial charge in [-0.2, -0.15) is 0 Å². The molecule has 3 heterocycles. The predicted molar refractivity (Wildman–Crippen MR) is 231 cm³/mol. The summed E-state index contributed by atoms with van der Waals surface area (Å²) in [5, 5.41) is 7.78. The summed E-state index contributed by atoms with van der Waals surface area (Å²) in [4.78, 5) is 2.54. The molecule has 11 rings (SSSR count). The van der Waals surface area contributed by atoms with Crippen LogP contribution in [-0.2, 0) is 0 Å². The molecule has 0 aliphatic heterocycles. The van der Waals surface area contributed by atoms with E-state index in [1.54, 1.807) is 0 Å². The molecule has 0 saturated heterocycles. The maximum Gasteiger partial charge on any atom is 0.0640 e. The summed E-state index contributed by atoms with van der Waals surface area (Å²) in [6, 6.07) is 64.7. The van der Waals surface area contributed by atoms with Crippen molar-refractivity contribution in [2.24, 2.45) is 0 Å². The average molecular weight is 716 g/mol. The molecule has 0 N–H and O–H groups in total. The van der Waals surface area contributed by atoms with E-state index in [1.165, 1.54) is 94.1 Å². The van der Waals surface area contributed by atoms with Crippen LogP contribution in [0.15, 0.2) is 176 Å². The van der Waals surface area contributed by atoms with Gasteiger partial charge in [0.25, 0.3) is 0 Å². The van der Waals surface area contributed by atoms with E-state index in [1.807, 2.05) is 34.0 Å². The fourth-order valence-electron chi connectivity index (χ4n) is 7.95. The van der Waals surface area contributed by atoms with Crippen LogP contribution >= 0.6 is 34.0 Å². The number of hydrogen-bond donors (Lipinski definition) is 0. The zero-order valence-electron chi connectivity index (χ0n) is 27.9. The highest BCUT2D eigenvalue weighted by Gasteiger charge is 2.23. The summed E-state index contributed by atoms with van der Waals surface area (Å²) in [7, 11) is 0. The Balaban J connectivity index is 1.23. The Morgan fingerprint density at radius 3 is 1.65 bits per heavy atom. The van der Waals surface area contributed by atoms with Gasteiger partial charge >= 0.3 is 0 Å². The molecule has 0 aliphatic rings. The minimum Gasteiger partial charge on any atom is -0.308 e. The minimum absolute atomic E-state index is 1.16. The molecule has 0 amide bonds. The lowest BCUT2D eigenvalue weighted by atomic mass is 10.0. The van der Waals surface area contributed by atoms with Crippen LogP contribution in [0, 0.1) is 0 Å². The lowest BCUT2D eigenvalue weighted by molar-refractivity contribution is 1.33.